The zero-order valence-corrected chi connectivity index (χ0v) is 20.2. The van der Waals surface area contributed by atoms with Crippen LogP contribution in [0.5, 0.6) is 23.0 Å². The Bertz CT molecular complexity index is 1150. The van der Waals surface area contributed by atoms with Crippen LogP contribution in [0.25, 0.3) is 22.4 Å². The number of hydrogen-bond acceptors (Lipinski definition) is 8. The highest BCUT2D eigenvalue weighted by molar-refractivity contribution is 7.04. The first-order chi connectivity index (χ1) is 16.4. The van der Waals surface area contributed by atoms with Gasteiger partial charge in [0.15, 0.2) is 11.5 Å². The van der Waals surface area contributed by atoms with Crippen molar-refractivity contribution in [3.8, 4) is 45.4 Å². The van der Waals surface area contributed by atoms with Gasteiger partial charge in [0.1, 0.15) is 5.75 Å². The molecule has 2 N–H and O–H groups in total. The van der Waals surface area contributed by atoms with Crippen molar-refractivity contribution in [1.82, 2.24) is 4.37 Å². The molecule has 0 aliphatic carbocycles. The van der Waals surface area contributed by atoms with E-state index in [0.29, 0.717) is 34.4 Å². The maximum Gasteiger partial charge on any atom is 0.303 e. The fraction of sp³-hybridized carbons (Fsp3) is 0.292. The second-order valence-corrected chi connectivity index (χ2v) is 7.83. The zero-order valence-electron chi connectivity index (χ0n) is 19.3. The van der Waals surface area contributed by atoms with Crippen molar-refractivity contribution >= 4 is 29.1 Å². The monoisotopic (exact) mass is 486 g/mol. The van der Waals surface area contributed by atoms with E-state index in [1.54, 1.807) is 33.5 Å². The third-order valence-corrected chi connectivity index (χ3v) is 5.72. The fourth-order valence-corrected chi connectivity index (χ4v) is 4.17. The number of aliphatic carboxylic acids is 1. The number of aromatic nitrogens is 1. The standard InChI is InChI=1S/C24H26N2O7S/c1-30-18-9-8-14(10-17(18)25-21(27)6-5-7-22(28)29)16-13-34-26-23(16)15-11-19(31-2)24(33-4)20(12-15)32-3/h8-13H,5-7H2,1-4H3,(H,25,27)(H,28,29). The van der Waals surface area contributed by atoms with Crippen LogP contribution in [0.1, 0.15) is 19.3 Å². The van der Waals surface area contributed by atoms with Crippen LogP contribution < -0.4 is 24.3 Å². The molecule has 0 aliphatic heterocycles. The van der Waals surface area contributed by atoms with Crippen LogP contribution in [-0.4, -0.2) is 49.8 Å². The smallest absolute Gasteiger partial charge is 0.303 e. The highest BCUT2D eigenvalue weighted by Gasteiger charge is 2.19. The van der Waals surface area contributed by atoms with E-state index in [-0.39, 0.29) is 25.2 Å². The number of anilines is 1. The Morgan fingerprint density at radius 3 is 2.18 bits per heavy atom. The number of carboxylic acid groups (broad SMARTS) is 1. The van der Waals surface area contributed by atoms with Crippen molar-refractivity contribution < 1.29 is 33.6 Å². The van der Waals surface area contributed by atoms with Crippen LogP contribution in [0.2, 0.25) is 0 Å². The van der Waals surface area contributed by atoms with E-state index in [9.17, 15) is 9.59 Å². The van der Waals surface area contributed by atoms with E-state index >= 15 is 0 Å². The number of carbonyl (C=O) groups excluding carboxylic acids is 1. The van der Waals surface area contributed by atoms with E-state index in [2.05, 4.69) is 9.69 Å². The molecule has 0 saturated carbocycles. The van der Waals surface area contributed by atoms with Crippen molar-refractivity contribution in [1.29, 1.82) is 0 Å². The number of carboxylic acids is 1. The molecule has 10 heteroatoms. The van der Waals surface area contributed by atoms with Crippen LogP contribution >= 0.6 is 11.5 Å². The number of methoxy groups -OCH3 is 4. The summed E-state index contributed by atoms with van der Waals surface area (Å²) < 4.78 is 26.3. The highest BCUT2D eigenvalue weighted by Crippen LogP contribution is 2.44. The number of ether oxygens (including phenoxy) is 4. The molecule has 0 saturated heterocycles. The van der Waals surface area contributed by atoms with Crippen molar-refractivity contribution in [3.05, 3.63) is 35.7 Å². The molecule has 34 heavy (non-hydrogen) atoms. The van der Waals surface area contributed by atoms with Crippen molar-refractivity contribution in [3.63, 3.8) is 0 Å². The topological polar surface area (TPSA) is 116 Å². The first kappa shape index (κ1) is 24.8. The molecular formula is C24H26N2O7S. The molecule has 180 valence electrons. The maximum absolute atomic E-state index is 12.3. The fourth-order valence-electron chi connectivity index (χ4n) is 3.45. The summed E-state index contributed by atoms with van der Waals surface area (Å²) in [6, 6.07) is 9.10. The van der Waals surface area contributed by atoms with Gasteiger partial charge in [0.05, 0.1) is 39.8 Å². The lowest BCUT2D eigenvalue weighted by atomic mass is 10.0. The number of nitrogens with one attached hydrogen (secondary N) is 1. The number of benzene rings is 2. The minimum Gasteiger partial charge on any atom is -0.495 e. The highest BCUT2D eigenvalue weighted by atomic mass is 32.1. The van der Waals surface area contributed by atoms with Gasteiger partial charge in [-0.15, -0.1) is 0 Å². The summed E-state index contributed by atoms with van der Waals surface area (Å²) in [7, 11) is 6.17. The van der Waals surface area contributed by atoms with Crippen molar-refractivity contribution in [2.24, 2.45) is 0 Å². The number of hydrogen-bond donors (Lipinski definition) is 2. The Hall–Kier alpha value is -3.79. The van der Waals surface area contributed by atoms with Gasteiger partial charge in [0.2, 0.25) is 11.7 Å². The number of rotatable bonds is 11. The van der Waals surface area contributed by atoms with Crippen LogP contribution in [0.15, 0.2) is 35.7 Å². The predicted octanol–water partition coefficient (Wildman–Crippen LogP) is 4.70. The summed E-state index contributed by atoms with van der Waals surface area (Å²) in [5.41, 5.74) is 3.65. The van der Waals surface area contributed by atoms with E-state index in [4.69, 9.17) is 24.1 Å². The minimum absolute atomic E-state index is 0.0662. The van der Waals surface area contributed by atoms with Gasteiger partial charge in [-0.05, 0) is 47.8 Å². The Morgan fingerprint density at radius 2 is 1.59 bits per heavy atom. The van der Waals surface area contributed by atoms with Gasteiger partial charge in [-0.2, -0.15) is 4.37 Å². The van der Waals surface area contributed by atoms with E-state index in [1.165, 1.54) is 18.6 Å². The lowest BCUT2D eigenvalue weighted by Gasteiger charge is -2.15. The van der Waals surface area contributed by atoms with Crippen LogP contribution in [0.3, 0.4) is 0 Å². The molecule has 1 amide bonds. The van der Waals surface area contributed by atoms with Gasteiger partial charge in [-0.25, -0.2) is 0 Å². The van der Waals surface area contributed by atoms with Gasteiger partial charge < -0.3 is 29.4 Å². The Labute approximate surface area is 201 Å². The third kappa shape index (κ3) is 5.57. The number of amides is 1. The van der Waals surface area contributed by atoms with Gasteiger partial charge in [0, 0.05) is 29.3 Å². The molecule has 0 unspecified atom stereocenters. The Kier molecular flexibility index (Phi) is 8.31. The summed E-state index contributed by atoms with van der Waals surface area (Å²) in [6.07, 6.45) is 0.280. The lowest BCUT2D eigenvalue weighted by molar-refractivity contribution is -0.137. The van der Waals surface area contributed by atoms with Gasteiger partial charge >= 0.3 is 5.97 Å². The molecule has 2 aromatic carbocycles. The van der Waals surface area contributed by atoms with E-state index in [0.717, 1.165) is 16.7 Å². The molecule has 0 bridgehead atoms. The maximum atomic E-state index is 12.3. The minimum atomic E-state index is -0.934. The summed E-state index contributed by atoms with van der Waals surface area (Å²) in [5, 5.41) is 13.5. The second kappa shape index (κ2) is 11.4. The zero-order chi connectivity index (χ0) is 24.7. The summed E-state index contributed by atoms with van der Waals surface area (Å²) in [4.78, 5) is 23.0. The second-order valence-electron chi connectivity index (χ2n) is 7.20. The molecule has 0 aliphatic rings. The average molecular weight is 487 g/mol. The van der Waals surface area contributed by atoms with Gasteiger partial charge in [-0.3, -0.25) is 9.59 Å². The van der Waals surface area contributed by atoms with Crippen LogP contribution in [0.4, 0.5) is 5.69 Å². The van der Waals surface area contributed by atoms with E-state index in [1.807, 2.05) is 23.6 Å². The van der Waals surface area contributed by atoms with E-state index < -0.39 is 5.97 Å². The van der Waals surface area contributed by atoms with Gasteiger partial charge in [0.25, 0.3) is 0 Å². The summed E-state index contributed by atoms with van der Waals surface area (Å²) in [5.74, 6) is 0.789. The molecule has 0 spiro atoms. The van der Waals surface area contributed by atoms with Crippen LogP contribution in [0, 0.1) is 0 Å². The van der Waals surface area contributed by atoms with Crippen LogP contribution in [-0.2, 0) is 9.59 Å². The van der Waals surface area contributed by atoms with Crippen molar-refractivity contribution in [2.45, 2.75) is 19.3 Å². The molecule has 1 aromatic heterocycles. The largest absolute Gasteiger partial charge is 0.495 e. The predicted molar refractivity (Wildman–Crippen MR) is 129 cm³/mol. The Balaban J connectivity index is 1.96. The first-order valence-corrected chi connectivity index (χ1v) is 11.2. The summed E-state index contributed by atoms with van der Waals surface area (Å²) in [6.45, 7) is 0. The summed E-state index contributed by atoms with van der Waals surface area (Å²) >= 11 is 1.30. The SMILES string of the molecule is COc1ccc(-c2csnc2-c2cc(OC)c(OC)c(OC)c2)cc1NC(=O)CCCC(=O)O. The number of nitrogens with zero attached hydrogens (tertiary/aromatic N) is 1. The normalized spacial score (nSPS) is 10.5. The molecule has 0 radical (unpaired) electrons. The van der Waals surface area contributed by atoms with Gasteiger partial charge in [-0.1, -0.05) is 6.07 Å². The molecule has 0 atom stereocenters. The lowest BCUT2D eigenvalue weighted by Crippen LogP contribution is -2.12. The molecule has 1 heterocycles. The molecule has 3 aromatic rings. The third-order valence-electron chi connectivity index (χ3n) is 5.09. The average Bonchev–Trinajstić information content (AvgIpc) is 3.32. The van der Waals surface area contributed by atoms with Crippen molar-refractivity contribution in [2.75, 3.05) is 33.8 Å². The molecule has 0 fully saturated rings. The molecule has 3 rings (SSSR count). The molecule has 9 nitrogen and oxygen atoms in total. The number of carbonyl (C=O) groups is 2. The quantitative estimate of drug-likeness (QED) is 0.400. The first-order valence-electron chi connectivity index (χ1n) is 10.4. The molecular weight excluding hydrogens is 460 g/mol. The Morgan fingerprint density at radius 1 is 0.912 bits per heavy atom.